The van der Waals surface area contributed by atoms with Crippen LogP contribution in [-0.2, 0) is 11.8 Å². The van der Waals surface area contributed by atoms with Gasteiger partial charge in [-0.15, -0.1) is 0 Å². The third-order valence-corrected chi connectivity index (χ3v) is 3.16. The molecule has 1 amide bonds. The van der Waals surface area contributed by atoms with Crippen LogP contribution in [0.4, 0.5) is 4.39 Å². The molecule has 1 unspecified atom stereocenters. The summed E-state index contributed by atoms with van der Waals surface area (Å²) in [4.78, 5) is 23.3. The number of carboxylic acids is 1. The van der Waals surface area contributed by atoms with Crippen LogP contribution >= 0.6 is 15.9 Å². The third-order valence-electron chi connectivity index (χ3n) is 2.71. The minimum absolute atomic E-state index is 0.0250. The molecule has 2 N–H and O–H groups in total. The lowest BCUT2D eigenvalue weighted by Crippen LogP contribution is -2.33. The Morgan fingerprint density at radius 2 is 2.14 bits per heavy atom. The first-order valence-electron chi connectivity index (χ1n) is 5.85. The molecular weight excluding hydrogens is 345 g/mol. The number of halogens is 2. The monoisotopic (exact) mass is 355 g/mol. The fraction of sp³-hybridized carbons (Fsp3) is 0.154. The van der Waals surface area contributed by atoms with Gasteiger partial charge in [-0.25, -0.2) is 9.18 Å². The zero-order valence-electron chi connectivity index (χ0n) is 10.9. The van der Waals surface area contributed by atoms with Crippen molar-refractivity contribution >= 4 is 27.8 Å². The van der Waals surface area contributed by atoms with E-state index in [1.807, 2.05) is 0 Å². The summed E-state index contributed by atoms with van der Waals surface area (Å²) in [6, 6.07) is 2.38. The Hall–Kier alpha value is -2.22. The molecule has 0 saturated heterocycles. The van der Waals surface area contributed by atoms with Gasteiger partial charge in [-0.3, -0.25) is 9.48 Å². The highest BCUT2D eigenvalue weighted by molar-refractivity contribution is 9.10. The van der Waals surface area contributed by atoms with Crippen LogP contribution in [0.2, 0.25) is 0 Å². The first kappa shape index (κ1) is 15.2. The van der Waals surface area contributed by atoms with Crippen LogP contribution in [-0.4, -0.2) is 26.8 Å². The summed E-state index contributed by atoms with van der Waals surface area (Å²) in [6.07, 6.45) is 2.83. The number of benzene rings is 1. The highest BCUT2D eigenvalue weighted by atomic mass is 79.9. The zero-order chi connectivity index (χ0) is 15.6. The van der Waals surface area contributed by atoms with Crippen molar-refractivity contribution in [3.63, 3.8) is 0 Å². The number of aromatic nitrogens is 2. The molecule has 0 bridgehead atoms. The first-order valence-corrected chi connectivity index (χ1v) is 6.64. The van der Waals surface area contributed by atoms with E-state index in [4.69, 9.17) is 0 Å². The van der Waals surface area contributed by atoms with Gasteiger partial charge >= 0.3 is 5.97 Å². The molecule has 0 aliphatic heterocycles. The van der Waals surface area contributed by atoms with Gasteiger partial charge in [0.15, 0.2) is 6.04 Å². The van der Waals surface area contributed by atoms with E-state index in [1.165, 1.54) is 29.2 Å². The van der Waals surface area contributed by atoms with Gasteiger partial charge in [0.2, 0.25) is 0 Å². The van der Waals surface area contributed by atoms with E-state index in [0.717, 1.165) is 6.07 Å². The van der Waals surface area contributed by atoms with Gasteiger partial charge in [0.25, 0.3) is 5.91 Å². The van der Waals surface area contributed by atoms with Crippen molar-refractivity contribution in [3.05, 3.63) is 52.0 Å². The fourth-order valence-corrected chi connectivity index (χ4v) is 2.24. The van der Waals surface area contributed by atoms with Crippen LogP contribution in [0.25, 0.3) is 0 Å². The molecule has 2 rings (SSSR count). The summed E-state index contributed by atoms with van der Waals surface area (Å²) in [5, 5.41) is 15.4. The highest BCUT2D eigenvalue weighted by Gasteiger charge is 2.24. The van der Waals surface area contributed by atoms with Crippen molar-refractivity contribution in [3.8, 4) is 0 Å². The lowest BCUT2D eigenvalue weighted by molar-refractivity contribution is -0.139. The summed E-state index contributed by atoms with van der Waals surface area (Å²) in [7, 11) is 1.63. The molecule has 6 nitrogen and oxygen atoms in total. The van der Waals surface area contributed by atoms with Gasteiger partial charge in [0.1, 0.15) is 5.82 Å². The summed E-state index contributed by atoms with van der Waals surface area (Å²) in [6.45, 7) is 0. The van der Waals surface area contributed by atoms with Crippen molar-refractivity contribution < 1.29 is 19.1 Å². The fourth-order valence-electron chi connectivity index (χ4n) is 1.78. The maximum absolute atomic E-state index is 13.3. The number of hydrogen-bond acceptors (Lipinski definition) is 3. The molecule has 0 radical (unpaired) electrons. The van der Waals surface area contributed by atoms with Gasteiger partial charge in [-0.05, 0) is 18.2 Å². The standard InChI is InChI=1S/C13H11BrFN3O3/c1-18-6-8(5-16-18)11(13(20)21)17-12(19)7-2-9(14)4-10(15)3-7/h2-6,11H,1H3,(H,17,19)(H,20,21). The van der Waals surface area contributed by atoms with E-state index in [2.05, 4.69) is 26.3 Å². The van der Waals surface area contributed by atoms with Crippen LogP contribution in [0.3, 0.4) is 0 Å². The van der Waals surface area contributed by atoms with Gasteiger partial charge in [-0.2, -0.15) is 5.10 Å². The Labute approximate surface area is 127 Å². The van der Waals surface area contributed by atoms with Crippen LogP contribution in [0.15, 0.2) is 35.1 Å². The maximum atomic E-state index is 13.3. The minimum atomic E-state index is -1.26. The second-order valence-electron chi connectivity index (χ2n) is 4.35. The lowest BCUT2D eigenvalue weighted by Gasteiger charge is -2.13. The van der Waals surface area contributed by atoms with Crippen LogP contribution in [0.1, 0.15) is 22.0 Å². The van der Waals surface area contributed by atoms with Gasteiger partial charge in [0, 0.05) is 28.8 Å². The average Bonchev–Trinajstić information content (AvgIpc) is 2.80. The minimum Gasteiger partial charge on any atom is -0.479 e. The molecule has 0 spiro atoms. The molecule has 2 aromatic rings. The number of aliphatic carboxylic acids is 1. The van der Waals surface area contributed by atoms with Gasteiger partial charge in [-0.1, -0.05) is 15.9 Å². The van der Waals surface area contributed by atoms with E-state index in [1.54, 1.807) is 7.05 Å². The highest BCUT2D eigenvalue weighted by Crippen LogP contribution is 2.17. The molecule has 0 aliphatic rings. The lowest BCUT2D eigenvalue weighted by atomic mass is 10.1. The number of carbonyl (C=O) groups excluding carboxylic acids is 1. The third kappa shape index (κ3) is 3.66. The molecule has 1 heterocycles. The molecule has 0 aliphatic carbocycles. The second-order valence-corrected chi connectivity index (χ2v) is 5.27. The molecule has 1 aromatic heterocycles. The number of hydrogen-bond donors (Lipinski definition) is 2. The molecule has 0 saturated carbocycles. The zero-order valence-corrected chi connectivity index (χ0v) is 12.5. The molecule has 8 heteroatoms. The maximum Gasteiger partial charge on any atom is 0.331 e. The first-order chi connectivity index (χ1) is 9.86. The second kappa shape index (κ2) is 6.04. The Kier molecular flexibility index (Phi) is 4.37. The number of carbonyl (C=O) groups is 2. The topological polar surface area (TPSA) is 84.2 Å². The Morgan fingerprint density at radius 3 is 2.67 bits per heavy atom. The Bertz CT molecular complexity index is 681. The van der Waals surface area contributed by atoms with Crippen molar-refractivity contribution in [1.29, 1.82) is 0 Å². The van der Waals surface area contributed by atoms with Crippen LogP contribution in [0.5, 0.6) is 0 Å². The van der Waals surface area contributed by atoms with E-state index in [0.29, 0.717) is 10.0 Å². The Morgan fingerprint density at radius 1 is 1.43 bits per heavy atom. The van der Waals surface area contributed by atoms with E-state index in [9.17, 15) is 19.1 Å². The smallest absolute Gasteiger partial charge is 0.331 e. The summed E-state index contributed by atoms with van der Waals surface area (Å²) in [5.74, 6) is -2.51. The van der Waals surface area contributed by atoms with Crippen LogP contribution in [0, 0.1) is 5.82 Å². The number of carboxylic acid groups (broad SMARTS) is 1. The molecule has 21 heavy (non-hydrogen) atoms. The number of rotatable bonds is 4. The van der Waals surface area contributed by atoms with Gasteiger partial charge < -0.3 is 10.4 Å². The molecule has 110 valence electrons. The Balaban J connectivity index is 2.24. The number of amides is 1. The van der Waals surface area contributed by atoms with Crippen molar-refractivity contribution in [2.45, 2.75) is 6.04 Å². The van der Waals surface area contributed by atoms with Crippen LogP contribution < -0.4 is 5.32 Å². The quantitative estimate of drug-likeness (QED) is 0.876. The molecule has 1 aromatic carbocycles. The largest absolute Gasteiger partial charge is 0.479 e. The molecule has 0 fully saturated rings. The molecular formula is C13H11BrFN3O3. The van der Waals surface area contributed by atoms with E-state index >= 15 is 0 Å². The summed E-state index contributed by atoms with van der Waals surface area (Å²) < 4.78 is 15.1. The number of nitrogens with zero attached hydrogens (tertiary/aromatic N) is 2. The number of aryl methyl sites for hydroxylation is 1. The molecule has 1 atom stereocenters. The van der Waals surface area contributed by atoms with Crippen molar-refractivity contribution in [2.75, 3.05) is 0 Å². The summed E-state index contributed by atoms with van der Waals surface area (Å²) in [5.41, 5.74) is 0.353. The van der Waals surface area contributed by atoms with E-state index in [-0.39, 0.29) is 5.56 Å². The van der Waals surface area contributed by atoms with E-state index < -0.39 is 23.7 Å². The van der Waals surface area contributed by atoms with Crippen molar-refractivity contribution in [2.24, 2.45) is 7.05 Å². The number of nitrogens with one attached hydrogen (secondary N) is 1. The SMILES string of the molecule is Cn1cc(C(NC(=O)c2cc(F)cc(Br)c2)C(=O)O)cn1. The predicted molar refractivity (Wildman–Crippen MR) is 75.2 cm³/mol. The normalized spacial score (nSPS) is 12.0. The summed E-state index contributed by atoms with van der Waals surface area (Å²) >= 11 is 3.08. The van der Waals surface area contributed by atoms with Crippen molar-refractivity contribution in [1.82, 2.24) is 15.1 Å². The average molecular weight is 356 g/mol. The van der Waals surface area contributed by atoms with Gasteiger partial charge in [0.05, 0.1) is 6.20 Å². The predicted octanol–water partition coefficient (Wildman–Crippen LogP) is 1.88.